The van der Waals surface area contributed by atoms with Gasteiger partial charge in [-0.15, -0.1) is 11.7 Å². The second kappa shape index (κ2) is 10.7. The van der Waals surface area contributed by atoms with Gasteiger partial charge in [0, 0.05) is 24.5 Å². The van der Waals surface area contributed by atoms with E-state index in [0.29, 0.717) is 24.8 Å². The van der Waals surface area contributed by atoms with Gasteiger partial charge in [0.2, 0.25) is 11.8 Å². The molecule has 2 aromatic rings. The summed E-state index contributed by atoms with van der Waals surface area (Å²) >= 11 is 3.65. The molecule has 0 saturated carbocycles. The van der Waals surface area contributed by atoms with Gasteiger partial charge in [0.1, 0.15) is 23.8 Å². The topological polar surface area (TPSA) is 127 Å². The van der Waals surface area contributed by atoms with Gasteiger partial charge >= 0.3 is 5.97 Å². The van der Waals surface area contributed by atoms with Crippen LogP contribution in [0.4, 0.5) is 0 Å². The van der Waals surface area contributed by atoms with Crippen molar-refractivity contribution in [2.75, 3.05) is 26.3 Å². The number of likely N-dealkylation sites (tertiary alicyclic amines) is 1. The van der Waals surface area contributed by atoms with Crippen molar-refractivity contribution in [1.82, 2.24) is 24.8 Å². The van der Waals surface area contributed by atoms with Crippen molar-refractivity contribution in [3.63, 3.8) is 0 Å². The molecule has 3 aliphatic heterocycles. The number of aliphatic hydroxyl groups is 1. The molecule has 1 aromatic heterocycles. The van der Waals surface area contributed by atoms with Crippen LogP contribution in [-0.2, 0) is 30.5 Å². The monoisotopic (exact) mass is 589 g/mol. The zero-order valence-corrected chi connectivity index (χ0v) is 22.8. The number of ether oxygens (including phenoxy) is 2. The first-order valence-electron chi connectivity index (χ1n) is 13.0. The average molecular weight is 590 g/mol. The van der Waals surface area contributed by atoms with E-state index in [-0.39, 0.29) is 49.6 Å². The van der Waals surface area contributed by atoms with Crippen LogP contribution < -0.4 is 0 Å². The van der Waals surface area contributed by atoms with Crippen molar-refractivity contribution in [2.24, 2.45) is 11.8 Å². The molecule has 12 heteroatoms. The van der Waals surface area contributed by atoms with Crippen LogP contribution in [0.25, 0.3) is 11.0 Å². The minimum absolute atomic E-state index is 0.0231. The van der Waals surface area contributed by atoms with E-state index < -0.39 is 35.6 Å². The average Bonchev–Trinajstić information content (AvgIpc) is 3.61. The van der Waals surface area contributed by atoms with Gasteiger partial charge in [-0.3, -0.25) is 14.4 Å². The number of unbranched alkanes of at least 4 members (excludes halogenated alkanes) is 1. The third kappa shape index (κ3) is 4.22. The fourth-order valence-electron chi connectivity index (χ4n) is 6.28. The second-order valence-corrected chi connectivity index (χ2v) is 11.1. The van der Waals surface area contributed by atoms with E-state index in [9.17, 15) is 19.5 Å². The van der Waals surface area contributed by atoms with Crippen LogP contribution in [0.2, 0.25) is 0 Å². The lowest BCUT2D eigenvalue weighted by molar-refractivity contribution is -0.155. The Balaban J connectivity index is 1.52. The molecule has 2 bridgehead atoms. The minimum Gasteiger partial charge on any atom is -0.466 e. The van der Waals surface area contributed by atoms with Crippen molar-refractivity contribution in [3.05, 3.63) is 36.9 Å². The number of aliphatic hydroxyl groups excluding tert-OH is 1. The number of amides is 2. The second-order valence-electron chi connectivity index (χ2n) is 9.95. The van der Waals surface area contributed by atoms with E-state index in [1.54, 1.807) is 27.5 Å². The largest absolute Gasteiger partial charge is 0.466 e. The van der Waals surface area contributed by atoms with E-state index in [0.717, 1.165) is 5.52 Å². The van der Waals surface area contributed by atoms with Crippen LogP contribution in [0.15, 0.2) is 36.9 Å². The normalized spacial score (nSPS) is 29.6. The molecule has 4 heterocycles. The van der Waals surface area contributed by atoms with E-state index in [4.69, 9.17) is 9.47 Å². The number of hydrogen-bond donors (Lipinski definition) is 1. The van der Waals surface area contributed by atoms with E-state index >= 15 is 0 Å². The predicted octanol–water partition coefficient (Wildman–Crippen LogP) is 1.49. The van der Waals surface area contributed by atoms with Gasteiger partial charge in [0.25, 0.3) is 0 Å². The van der Waals surface area contributed by atoms with E-state index in [1.165, 1.54) is 0 Å². The molecule has 204 valence electrons. The van der Waals surface area contributed by atoms with Gasteiger partial charge in [0.15, 0.2) is 0 Å². The molecule has 2 amide bonds. The summed E-state index contributed by atoms with van der Waals surface area (Å²) in [4.78, 5) is 44.3. The Morgan fingerprint density at radius 3 is 2.89 bits per heavy atom. The lowest BCUT2D eigenvalue weighted by atomic mass is 9.70. The number of halogens is 1. The SMILES string of the molecule is C=CCN(Cn1nnc2ccccc21)C(=O)[C@@H]1N(CCCCO)C(=O)[C@H]2[C@H](C(=O)OCC)[C@H]3O[C@@]12CC3Br. The first-order chi connectivity index (χ1) is 18.4. The lowest BCUT2D eigenvalue weighted by Gasteiger charge is -2.37. The van der Waals surface area contributed by atoms with Gasteiger partial charge in [0.05, 0.1) is 30.1 Å². The molecular formula is C26H32BrN5O6. The van der Waals surface area contributed by atoms with Crippen LogP contribution >= 0.6 is 15.9 Å². The molecule has 3 fully saturated rings. The molecule has 0 aliphatic carbocycles. The molecule has 11 nitrogen and oxygen atoms in total. The minimum atomic E-state index is -1.17. The Morgan fingerprint density at radius 2 is 2.16 bits per heavy atom. The fourth-order valence-corrected chi connectivity index (χ4v) is 7.22. The molecule has 3 saturated heterocycles. The summed E-state index contributed by atoms with van der Waals surface area (Å²) in [7, 11) is 0. The number of nitrogens with zero attached hydrogens (tertiary/aromatic N) is 5. The van der Waals surface area contributed by atoms with Gasteiger partial charge < -0.3 is 24.4 Å². The first kappa shape index (κ1) is 26.8. The highest BCUT2D eigenvalue weighted by Crippen LogP contribution is 2.60. The number of para-hydroxylation sites is 1. The number of benzene rings is 1. The fraction of sp³-hybridized carbons (Fsp3) is 0.577. The van der Waals surface area contributed by atoms with Crippen LogP contribution in [0, 0.1) is 11.8 Å². The molecule has 3 aliphatic rings. The third-order valence-corrected chi connectivity index (χ3v) is 8.62. The molecule has 0 radical (unpaired) electrons. The lowest BCUT2D eigenvalue weighted by Crippen LogP contribution is -2.57. The number of fused-ring (bicyclic) bond motifs is 2. The molecule has 38 heavy (non-hydrogen) atoms. The Morgan fingerprint density at radius 1 is 1.37 bits per heavy atom. The zero-order valence-electron chi connectivity index (χ0n) is 21.2. The molecule has 6 atom stereocenters. The highest BCUT2D eigenvalue weighted by molar-refractivity contribution is 9.09. The Labute approximate surface area is 228 Å². The Bertz CT molecular complexity index is 1240. The summed E-state index contributed by atoms with van der Waals surface area (Å²) in [6, 6.07) is 6.52. The summed E-state index contributed by atoms with van der Waals surface area (Å²) in [5.74, 6) is -2.70. The van der Waals surface area contributed by atoms with E-state index in [2.05, 4.69) is 32.8 Å². The zero-order chi connectivity index (χ0) is 27.0. The summed E-state index contributed by atoms with van der Waals surface area (Å²) < 4.78 is 13.5. The van der Waals surface area contributed by atoms with Crippen molar-refractivity contribution in [1.29, 1.82) is 0 Å². The molecule has 1 spiro atoms. The number of carbonyl (C=O) groups is 3. The summed E-state index contributed by atoms with van der Waals surface area (Å²) in [6.07, 6.45) is 2.46. The number of hydrogen-bond acceptors (Lipinski definition) is 8. The first-order valence-corrected chi connectivity index (χ1v) is 13.9. The van der Waals surface area contributed by atoms with Crippen molar-refractivity contribution in [3.8, 4) is 0 Å². The number of rotatable bonds is 11. The predicted molar refractivity (Wildman–Crippen MR) is 140 cm³/mol. The third-order valence-electron chi connectivity index (χ3n) is 7.78. The Kier molecular flexibility index (Phi) is 7.56. The van der Waals surface area contributed by atoms with Gasteiger partial charge in [-0.2, -0.15) is 0 Å². The summed E-state index contributed by atoms with van der Waals surface area (Å²) in [5.41, 5.74) is 0.303. The van der Waals surface area contributed by atoms with Crippen LogP contribution in [-0.4, -0.2) is 96.6 Å². The molecule has 5 rings (SSSR count). The Hall–Kier alpha value is -2.83. The molecule has 1 unspecified atom stereocenters. The van der Waals surface area contributed by atoms with Crippen molar-refractivity contribution < 1.29 is 29.0 Å². The molecular weight excluding hydrogens is 558 g/mol. The molecule has 1 N–H and O–H groups in total. The maximum atomic E-state index is 14.4. The maximum absolute atomic E-state index is 14.4. The number of esters is 1. The maximum Gasteiger partial charge on any atom is 0.312 e. The van der Waals surface area contributed by atoms with Crippen LogP contribution in [0.3, 0.4) is 0 Å². The van der Waals surface area contributed by atoms with Gasteiger partial charge in [-0.1, -0.05) is 39.4 Å². The van der Waals surface area contributed by atoms with Crippen LogP contribution in [0.1, 0.15) is 26.2 Å². The highest BCUT2D eigenvalue weighted by atomic mass is 79.9. The van der Waals surface area contributed by atoms with Crippen molar-refractivity contribution >= 4 is 44.7 Å². The van der Waals surface area contributed by atoms with Crippen LogP contribution in [0.5, 0.6) is 0 Å². The summed E-state index contributed by atoms with van der Waals surface area (Å²) in [6.45, 7) is 6.29. The van der Waals surface area contributed by atoms with Gasteiger partial charge in [-0.25, -0.2) is 4.68 Å². The standard InChI is InChI=1S/C26H32BrN5O6/c1-3-11-30(15-32-18-10-6-5-9-17(18)28-29-32)24(35)22-26-14-16(27)21(38-26)19(25(36)37-4-2)20(26)23(34)31(22)12-7-8-13-33/h3,5-6,9-10,16,19-22,33H,1,4,7-8,11-15H2,2H3/t16?,19-,20+,21-,22-,26+/m0/s1. The number of carbonyl (C=O) groups excluding carboxylic acids is 3. The quantitative estimate of drug-likeness (QED) is 0.181. The number of aromatic nitrogens is 3. The highest BCUT2D eigenvalue weighted by Gasteiger charge is 2.77. The van der Waals surface area contributed by atoms with Gasteiger partial charge in [-0.05, 0) is 38.3 Å². The van der Waals surface area contributed by atoms with E-state index in [1.807, 2.05) is 24.3 Å². The molecule has 1 aromatic carbocycles. The van der Waals surface area contributed by atoms with Crippen molar-refractivity contribution in [2.45, 2.75) is 55.4 Å². The number of alkyl halides is 1. The smallest absolute Gasteiger partial charge is 0.312 e. The summed E-state index contributed by atoms with van der Waals surface area (Å²) in [5, 5.41) is 17.8.